The van der Waals surface area contributed by atoms with Crippen molar-refractivity contribution in [3.05, 3.63) is 17.8 Å². The lowest BCUT2D eigenvalue weighted by atomic mass is 10.2. The topological polar surface area (TPSA) is 55.0 Å². The first kappa shape index (κ1) is 11.6. The van der Waals surface area contributed by atoms with Crippen molar-refractivity contribution in [1.29, 1.82) is 0 Å². The molecular formula is C10H14N4S2. The molecule has 1 fully saturated rings. The number of anilines is 1. The van der Waals surface area contributed by atoms with Gasteiger partial charge in [-0.2, -0.15) is 16.9 Å². The van der Waals surface area contributed by atoms with Gasteiger partial charge in [-0.3, -0.25) is 0 Å². The molecule has 2 rings (SSSR count). The van der Waals surface area contributed by atoms with Gasteiger partial charge in [0.15, 0.2) is 5.82 Å². The minimum absolute atomic E-state index is 0.391. The van der Waals surface area contributed by atoms with Crippen LogP contribution in [-0.2, 0) is 0 Å². The van der Waals surface area contributed by atoms with Gasteiger partial charge >= 0.3 is 0 Å². The van der Waals surface area contributed by atoms with Crippen LogP contribution in [0.3, 0.4) is 0 Å². The Hall–Kier alpha value is -0.880. The van der Waals surface area contributed by atoms with Crippen LogP contribution < -0.4 is 10.6 Å². The SMILES string of the molecule is NC(=S)c1ccnnc1N1CCCSCC1. The number of nitrogens with zero attached hydrogens (tertiary/aromatic N) is 3. The van der Waals surface area contributed by atoms with Crippen molar-refractivity contribution >= 4 is 34.8 Å². The summed E-state index contributed by atoms with van der Waals surface area (Å²) in [5, 5.41) is 8.08. The van der Waals surface area contributed by atoms with Crippen LogP contribution in [0.15, 0.2) is 12.3 Å². The number of hydrogen-bond donors (Lipinski definition) is 1. The number of thioether (sulfide) groups is 1. The largest absolute Gasteiger partial charge is 0.389 e. The summed E-state index contributed by atoms with van der Waals surface area (Å²) in [7, 11) is 0. The third-order valence-electron chi connectivity index (χ3n) is 2.49. The Labute approximate surface area is 105 Å². The Balaban J connectivity index is 2.27. The van der Waals surface area contributed by atoms with Gasteiger partial charge in [0, 0.05) is 18.8 Å². The summed E-state index contributed by atoms with van der Waals surface area (Å²) in [5.41, 5.74) is 6.52. The van der Waals surface area contributed by atoms with Crippen LogP contribution in [0.2, 0.25) is 0 Å². The molecule has 0 radical (unpaired) electrons. The third-order valence-corrected chi connectivity index (χ3v) is 3.76. The van der Waals surface area contributed by atoms with Crippen LogP contribution in [0.4, 0.5) is 5.82 Å². The lowest BCUT2D eigenvalue weighted by Crippen LogP contribution is -2.29. The summed E-state index contributed by atoms with van der Waals surface area (Å²) in [4.78, 5) is 2.61. The molecule has 16 heavy (non-hydrogen) atoms. The predicted octanol–water partition coefficient (Wildman–Crippen LogP) is 1.05. The minimum Gasteiger partial charge on any atom is -0.389 e. The van der Waals surface area contributed by atoms with E-state index in [1.54, 1.807) is 6.20 Å². The molecule has 1 aliphatic rings. The summed E-state index contributed by atoms with van der Waals surface area (Å²) < 4.78 is 0. The first-order valence-electron chi connectivity index (χ1n) is 5.23. The first-order valence-corrected chi connectivity index (χ1v) is 6.79. The van der Waals surface area contributed by atoms with E-state index in [4.69, 9.17) is 18.0 Å². The van der Waals surface area contributed by atoms with Crippen LogP contribution in [-0.4, -0.2) is 39.8 Å². The predicted molar refractivity (Wildman–Crippen MR) is 72.1 cm³/mol. The Morgan fingerprint density at radius 3 is 3.12 bits per heavy atom. The van der Waals surface area contributed by atoms with Crippen LogP contribution in [0.1, 0.15) is 12.0 Å². The second-order valence-corrected chi connectivity index (χ2v) is 5.25. The molecule has 1 aliphatic heterocycles. The molecule has 0 bridgehead atoms. The average molecular weight is 254 g/mol. The van der Waals surface area contributed by atoms with Gasteiger partial charge in [-0.15, -0.1) is 5.10 Å². The van der Waals surface area contributed by atoms with E-state index in [1.807, 2.05) is 17.8 Å². The lowest BCUT2D eigenvalue weighted by molar-refractivity contribution is 0.786. The maximum atomic E-state index is 5.69. The molecule has 1 aromatic rings. The summed E-state index contributed by atoms with van der Waals surface area (Å²) >= 11 is 7.01. The quantitative estimate of drug-likeness (QED) is 0.796. The van der Waals surface area contributed by atoms with Gasteiger partial charge in [0.05, 0.1) is 11.8 Å². The van der Waals surface area contributed by atoms with Gasteiger partial charge in [-0.25, -0.2) is 0 Å². The van der Waals surface area contributed by atoms with Gasteiger partial charge in [0.2, 0.25) is 0 Å². The van der Waals surface area contributed by atoms with Gasteiger partial charge < -0.3 is 10.6 Å². The fourth-order valence-electron chi connectivity index (χ4n) is 1.71. The monoisotopic (exact) mass is 254 g/mol. The smallest absolute Gasteiger partial charge is 0.161 e. The molecule has 1 saturated heterocycles. The summed E-state index contributed by atoms with van der Waals surface area (Å²) in [6.07, 6.45) is 2.79. The Bertz CT molecular complexity index is 375. The highest BCUT2D eigenvalue weighted by molar-refractivity contribution is 7.99. The lowest BCUT2D eigenvalue weighted by Gasteiger charge is -2.22. The Kier molecular flexibility index (Phi) is 3.95. The second-order valence-electron chi connectivity index (χ2n) is 3.59. The fraction of sp³-hybridized carbons (Fsp3) is 0.500. The van der Waals surface area contributed by atoms with Crippen molar-refractivity contribution in [1.82, 2.24) is 10.2 Å². The molecule has 0 amide bonds. The molecule has 86 valence electrons. The fourth-order valence-corrected chi connectivity index (χ4v) is 2.75. The zero-order valence-corrected chi connectivity index (χ0v) is 10.6. The van der Waals surface area contributed by atoms with E-state index in [0.29, 0.717) is 4.99 Å². The maximum Gasteiger partial charge on any atom is 0.161 e. The normalized spacial score (nSPS) is 16.9. The second kappa shape index (κ2) is 5.45. The molecule has 0 saturated carbocycles. The van der Waals surface area contributed by atoms with Crippen LogP contribution >= 0.6 is 24.0 Å². The van der Waals surface area contributed by atoms with Gasteiger partial charge in [0.25, 0.3) is 0 Å². The highest BCUT2D eigenvalue weighted by Crippen LogP contribution is 2.20. The average Bonchev–Trinajstić information content (AvgIpc) is 2.57. The zero-order chi connectivity index (χ0) is 11.4. The molecule has 2 heterocycles. The number of rotatable bonds is 2. The van der Waals surface area contributed by atoms with Crippen LogP contribution in [0, 0.1) is 0 Å². The van der Waals surface area contributed by atoms with Crippen molar-refractivity contribution < 1.29 is 0 Å². The van der Waals surface area contributed by atoms with Gasteiger partial charge in [0.1, 0.15) is 4.99 Å². The number of nitrogens with two attached hydrogens (primary N) is 1. The summed E-state index contributed by atoms with van der Waals surface area (Å²) in [6.45, 7) is 1.99. The van der Waals surface area contributed by atoms with Gasteiger partial charge in [-0.05, 0) is 18.2 Å². The van der Waals surface area contributed by atoms with E-state index in [-0.39, 0.29) is 0 Å². The third kappa shape index (κ3) is 2.62. The van der Waals surface area contributed by atoms with Crippen molar-refractivity contribution in [2.24, 2.45) is 5.73 Å². The molecule has 0 aliphatic carbocycles. The van der Waals surface area contributed by atoms with Crippen molar-refractivity contribution in [3.63, 3.8) is 0 Å². The van der Waals surface area contributed by atoms with E-state index in [0.717, 1.165) is 36.6 Å². The van der Waals surface area contributed by atoms with E-state index < -0.39 is 0 Å². The standard InChI is InChI=1S/C10H14N4S2/c11-9(15)8-2-3-12-13-10(8)14-4-1-6-16-7-5-14/h2-3H,1,4-7H2,(H2,11,15). The highest BCUT2D eigenvalue weighted by atomic mass is 32.2. The highest BCUT2D eigenvalue weighted by Gasteiger charge is 2.16. The molecule has 0 atom stereocenters. The van der Waals surface area contributed by atoms with Crippen molar-refractivity contribution in [2.45, 2.75) is 6.42 Å². The number of hydrogen-bond acceptors (Lipinski definition) is 5. The molecule has 0 unspecified atom stereocenters. The van der Waals surface area contributed by atoms with E-state index in [1.165, 1.54) is 5.75 Å². The number of aromatic nitrogens is 2. The van der Waals surface area contributed by atoms with E-state index >= 15 is 0 Å². The zero-order valence-electron chi connectivity index (χ0n) is 8.93. The molecule has 6 heteroatoms. The number of thiocarbonyl (C=S) groups is 1. The maximum absolute atomic E-state index is 5.69. The summed E-state index contributed by atoms with van der Waals surface area (Å²) in [5.74, 6) is 3.16. The molecule has 2 N–H and O–H groups in total. The van der Waals surface area contributed by atoms with Crippen molar-refractivity contribution in [3.8, 4) is 0 Å². The van der Waals surface area contributed by atoms with Crippen LogP contribution in [0.5, 0.6) is 0 Å². The first-order chi connectivity index (χ1) is 7.79. The molecular weight excluding hydrogens is 240 g/mol. The van der Waals surface area contributed by atoms with E-state index in [9.17, 15) is 0 Å². The Morgan fingerprint density at radius 1 is 1.44 bits per heavy atom. The molecule has 4 nitrogen and oxygen atoms in total. The summed E-state index contributed by atoms with van der Waals surface area (Å²) in [6, 6.07) is 1.84. The molecule has 1 aromatic heterocycles. The van der Waals surface area contributed by atoms with E-state index in [2.05, 4.69) is 15.1 Å². The Morgan fingerprint density at radius 2 is 2.31 bits per heavy atom. The minimum atomic E-state index is 0.391. The van der Waals surface area contributed by atoms with Crippen LogP contribution in [0.25, 0.3) is 0 Å². The van der Waals surface area contributed by atoms with Crippen molar-refractivity contribution in [2.75, 3.05) is 29.5 Å². The molecule has 0 aromatic carbocycles. The van der Waals surface area contributed by atoms with Gasteiger partial charge in [-0.1, -0.05) is 12.2 Å². The molecule has 0 spiro atoms.